The quantitative estimate of drug-likeness (QED) is 0.692. The molecule has 1 heteroatoms. The van der Waals surface area contributed by atoms with Gasteiger partial charge in [0.2, 0.25) is 0 Å². The van der Waals surface area contributed by atoms with Crippen LogP contribution in [0.3, 0.4) is 0 Å². The third-order valence-electron chi connectivity index (χ3n) is 0.842. The molecule has 0 aromatic heterocycles. The molecule has 0 saturated heterocycles. The molecule has 0 spiro atoms. The van der Waals surface area contributed by atoms with E-state index in [1.54, 1.807) is 0 Å². The molecule has 0 amide bonds. The minimum Gasteiger partial charge on any atom is -0.346 e. The summed E-state index contributed by atoms with van der Waals surface area (Å²) < 4.78 is 0. The van der Waals surface area contributed by atoms with Crippen molar-refractivity contribution in [1.82, 2.24) is 0 Å². The first-order valence-corrected chi connectivity index (χ1v) is 2.90. The summed E-state index contributed by atoms with van der Waals surface area (Å²) in [5, 5.41) is 0. The fourth-order valence-corrected chi connectivity index (χ4v) is 0.451. The zero-order valence-electron chi connectivity index (χ0n) is 5.54. The predicted molar refractivity (Wildman–Crippen MR) is 33.7 cm³/mol. The molecule has 0 unspecified atom stereocenters. The van der Waals surface area contributed by atoms with Gasteiger partial charge in [0, 0.05) is 0 Å². The van der Waals surface area contributed by atoms with Crippen LogP contribution in [0, 0.1) is 66.2 Å². The predicted octanol–water partition coefficient (Wildman–Crippen LogP) is 2.46. The Bertz CT molecular complexity index is 33.4. The van der Waals surface area contributed by atoms with Crippen molar-refractivity contribution in [3.05, 3.63) is 13.3 Å². The Morgan fingerprint density at radius 3 is 2.12 bits per heavy atom. The number of rotatable bonds is 3. The molecular weight excluding hydrogens is 257 g/mol. The van der Waals surface area contributed by atoms with E-state index in [9.17, 15) is 0 Å². The summed E-state index contributed by atoms with van der Waals surface area (Å²) in [7, 11) is 0. The molecule has 0 aliphatic carbocycles. The fourth-order valence-electron chi connectivity index (χ4n) is 0.451. The van der Waals surface area contributed by atoms with Crippen molar-refractivity contribution in [3.8, 4) is 0 Å². The Labute approximate surface area is 91.7 Å². The Balaban J connectivity index is 0. The molecule has 0 fully saturated rings. The summed E-state index contributed by atoms with van der Waals surface area (Å²) in [6.45, 7) is 8.11. The molecule has 0 aromatic rings. The Kier molecular flexibility index (Phi) is 13.0. The normalized spacial score (nSPS) is 9.00. The van der Waals surface area contributed by atoms with E-state index >= 15 is 0 Å². The standard InChI is InChI=1S/C7H14.Yb/c1-4-5-6-7(2)3;/h6-7H,1,4-5H2,2-3H3;/q-2;+2. The van der Waals surface area contributed by atoms with Gasteiger partial charge < -0.3 is 13.3 Å². The Morgan fingerprint density at radius 1 is 1.50 bits per heavy atom. The fraction of sp³-hybridized carbons (Fsp3) is 0.714. The van der Waals surface area contributed by atoms with Crippen molar-refractivity contribution in [2.45, 2.75) is 26.7 Å². The molecular formula is C7H14Yb. The van der Waals surface area contributed by atoms with Crippen LogP contribution in [0.2, 0.25) is 0 Å². The van der Waals surface area contributed by atoms with Gasteiger partial charge in [0.25, 0.3) is 0 Å². The van der Waals surface area contributed by atoms with Gasteiger partial charge >= 0.3 is 46.9 Å². The van der Waals surface area contributed by atoms with Gasteiger partial charge in [0.05, 0.1) is 0 Å². The smallest absolute Gasteiger partial charge is 0.346 e. The minimum atomic E-state index is 0. The Hall–Kier alpha value is 1.52. The zero-order chi connectivity index (χ0) is 5.70. The second kappa shape index (κ2) is 8.52. The van der Waals surface area contributed by atoms with Gasteiger partial charge in [-0.3, -0.25) is 0 Å². The maximum absolute atomic E-state index is 3.73. The van der Waals surface area contributed by atoms with Crippen LogP contribution in [0.4, 0.5) is 0 Å². The number of hydrogen-bond acceptors (Lipinski definition) is 0. The molecule has 0 heterocycles. The van der Waals surface area contributed by atoms with Crippen molar-refractivity contribution in [3.63, 3.8) is 0 Å². The number of unbranched alkanes of at least 4 members (excludes halogenated alkanes) is 1. The van der Waals surface area contributed by atoms with Gasteiger partial charge in [-0.2, -0.15) is 5.92 Å². The molecule has 8 heavy (non-hydrogen) atoms. The summed E-state index contributed by atoms with van der Waals surface area (Å²) in [6, 6.07) is 0. The van der Waals surface area contributed by atoms with Crippen LogP contribution < -0.4 is 0 Å². The van der Waals surface area contributed by atoms with Crippen molar-refractivity contribution >= 4 is 0 Å². The maximum atomic E-state index is 3.73. The Morgan fingerprint density at radius 2 is 2.00 bits per heavy atom. The first-order chi connectivity index (χ1) is 3.27. The van der Waals surface area contributed by atoms with Gasteiger partial charge in [-0.25, -0.2) is 12.8 Å². The molecule has 0 aliphatic rings. The van der Waals surface area contributed by atoms with Crippen molar-refractivity contribution in [2.24, 2.45) is 5.92 Å². The van der Waals surface area contributed by atoms with Crippen molar-refractivity contribution < 1.29 is 46.9 Å². The molecule has 0 rings (SSSR count). The van der Waals surface area contributed by atoms with E-state index in [2.05, 4.69) is 27.2 Å². The molecule has 0 radical (unpaired) electrons. The van der Waals surface area contributed by atoms with E-state index < -0.39 is 0 Å². The first kappa shape index (κ1) is 12.2. The summed E-state index contributed by atoms with van der Waals surface area (Å²) in [5.41, 5.74) is 0. The van der Waals surface area contributed by atoms with Crippen LogP contribution in [0.5, 0.6) is 0 Å². The minimum absolute atomic E-state index is 0. The molecule has 0 nitrogen and oxygen atoms in total. The van der Waals surface area contributed by atoms with Crippen molar-refractivity contribution in [1.29, 1.82) is 0 Å². The second-order valence-electron chi connectivity index (χ2n) is 2.12. The van der Waals surface area contributed by atoms with E-state index in [0.29, 0.717) is 0 Å². The van der Waals surface area contributed by atoms with Crippen LogP contribution >= 0.6 is 0 Å². The third-order valence-corrected chi connectivity index (χ3v) is 0.842. The van der Waals surface area contributed by atoms with Crippen LogP contribution in [0.1, 0.15) is 26.7 Å². The van der Waals surface area contributed by atoms with Crippen LogP contribution in [-0.4, -0.2) is 0 Å². The average Bonchev–Trinajstić information content (AvgIpc) is 1.61. The molecule has 0 aliphatic heterocycles. The molecule has 0 aromatic carbocycles. The molecule has 56 valence electrons. The topological polar surface area (TPSA) is 0 Å². The summed E-state index contributed by atoms with van der Waals surface area (Å²) in [6.07, 6.45) is 4.49. The van der Waals surface area contributed by atoms with Gasteiger partial charge in [0.1, 0.15) is 0 Å². The van der Waals surface area contributed by atoms with Gasteiger partial charge in [-0.1, -0.05) is 13.8 Å². The van der Waals surface area contributed by atoms with Crippen LogP contribution in [0.15, 0.2) is 0 Å². The third kappa shape index (κ3) is 10.5. The van der Waals surface area contributed by atoms with Gasteiger partial charge in [0.15, 0.2) is 0 Å². The average molecular weight is 271 g/mol. The summed E-state index contributed by atoms with van der Waals surface area (Å²) in [4.78, 5) is 0. The second-order valence-corrected chi connectivity index (χ2v) is 2.12. The van der Waals surface area contributed by atoms with E-state index in [1.807, 2.05) is 0 Å². The van der Waals surface area contributed by atoms with Gasteiger partial charge in [-0.15, -0.1) is 0 Å². The van der Waals surface area contributed by atoms with Crippen LogP contribution in [0.25, 0.3) is 0 Å². The van der Waals surface area contributed by atoms with Crippen molar-refractivity contribution in [2.75, 3.05) is 0 Å². The summed E-state index contributed by atoms with van der Waals surface area (Å²) in [5.74, 6) is 0.738. The molecule has 0 N–H and O–H groups in total. The summed E-state index contributed by atoms with van der Waals surface area (Å²) >= 11 is 0. The first-order valence-electron chi connectivity index (χ1n) is 2.90. The van der Waals surface area contributed by atoms with Crippen LogP contribution in [-0.2, 0) is 0 Å². The number of hydrogen-bond donors (Lipinski definition) is 0. The van der Waals surface area contributed by atoms with E-state index in [4.69, 9.17) is 0 Å². The SMILES string of the molecule is [CH2-]CC[CH-]C(C)C.[Yb+2]. The van der Waals surface area contributed by atoms with Gasteiger partial charge in [-0.05, 0) is 0 Å². The molecule has 0 saturated carbocycles. The van der Waals surface area contributed by atoms with E-state index in [0.717, 1.165) is 18.8 Å². The monoisotopic (exact) mass is 272 g/mol. The van der Waals surface area contributed by atoms with E-state index in [1.165, 1.54) is 0 Å². The van der Waals surface area contributed by atoms with E-state index in [-0.39, 0.29) is 46.9 Å². The largest absolute Gasteiger partial charge is 2.00 e. The molecule has 0 bridgehead atoms. The molecule has 0 atom stereocenters. The zero-order valence-corrected chi connectivity index (χ0v) is 7.26. The maximum Gasteiger partial charge on any atom is 2.00 e.